The summed E-state index contributed by atoms with van der Waals surface area (Å²) in [5.74, 6) is -14.5. The number of benzene rings is 2. The number of nitrogens with one attached hydrogen (secondary N) is 3. The van der Waals surface area contributed by atoms with Gasteiger partial charge >= 0.3 is 0 Å². The smallest absolute Gasteiger partial charge is 0.293 e. The maximum atomic E-state index is 15.3. The largest absolute Gasteiger partial charge is 0.477 e. The van der Waals surface area contributed by atoms with Gasteiger partial charge in [0, 0.05) is 42.5 Å². The van der Waals surface area contributed by atoms with E-state index in [0.29, 0.717) is 23.2 Å². The summed E-state index contributed by atoms with van der Waals surface area (Å²) < 4.78 is 149. The Morgan fingerprint density at radius 1 is 1.11 bits per heavy atom. The van der Waals surface area contributed by atoms with E-state index in [1.165, 1.54) is 24.3 Å². The normalized spacial score (nSPS) is 17.4. The van der Waals surface area contributed by atoms with E-state index in [-0.39, 0.29) is 68.6 Å². The molecule has 1 saturated carbocycles. The molecule has 0 spiro atoms. The third kappa shape index (κ3) is 8.02. The molecule has 1 amide bonds. The van der Waals surface area contributed by atoms with E-state index in [1.807, 2.05) is 0 Å². The standard InChI is InChI=1S/C38H32ClF8N9O5S/c1-37(44,45)7-8-61-26-6-4-20-33(49-26)50-35(56(36(20)58)24-5-3-16(13-39)27-29(24)51-52-34(27)54-62(2,59)60)22(17-9-18(40)11-19(41)10-17)14-48-25(57)15-55-31-28(30(53-55)32(42)43)21-12-23(21)38(31,46)47/h3-6,9-11,21-23,32H,7-8,12-15H2,1-2H3,(H,48,57)(H2,51,52,54)/t21-,22+,23+/m0/s1. The number of aromatic nitrogens is 7. The quantitative estimate of drug-likeness (QED) is 0.0742. The van der Waals surface area contributed by atoms with Crippen LogP contribution in [0.4, 0.5) is 40.9 Å². The van der Waals surface area contributed by atoms with Gasteiger partial charge in [0.1, 0.15) is 35.4 Å². The molecule has 14 nitrogen and oxygen atoms in total. The third-order valence-corrected chi connectivity index (χ3v) is 11.4. The Balaban J connectivity index is 1.28. The monoisotopic (exact) mass is 913 g/mol. The van der Waals surface area contributed by atoms with Crippen LogP contribution in [0.15, 0.2) is 47.3 Å². The van der Waals surface area contributed by atoms with Gasteiger partial charge in [0.05, 0.1) is 40.8 Å². The fourth-order valence-corrected chi connectivity index (χ4v) is 8.52. The average molecular weight is 914 g/mol. The minimum Gasteiger partial charge on any atom is -0.477 e. The molecule has 8 rings (SSSR count). The van der Waals surface area contributed by atoms with Gasteiger partial charge in [0.25, 0.3) is 17.9 Å². The summed E-state index contributed by atoms with van der Waals surface area (Å²) in [7, 11) is -3.93. The summed E-state index contributed by atoms with van der Waals surface area (Å²) in [6.45, 7) is -1.47. The molecule has 0 unspecified atom stereocenters. The van der Waals surface area contributed by atoms with E-state index >= 15 is 17.6 Å². The molecular weight excluding hydrogens is 882 g/mol. The first-order valence-electron chi connectivity index (χ1n) is 18.6. The highest BCUT2D eigenvalue weighted by Gasteiger charge is 2.67. The molecular formula is C38H32ClF8N9O5S. The van der Waals surface area contributed by atoms with E-state index < -0.39 is 107 Å². The first-order chi connectivity index (χ1) is 29.1. The second-order valence-corrected chi connectivity index (χ2v) is 17.1. The number of alkyl halides is 7. The van der Waals surface area contributed by atoms with Crippen LogP contribution in [0.3, 0.4) is 0 Å². The van der Waals surface area contributed by atoms with Crippen LogP contribution >= 0.6 is 11.6 Å². The van der Waals surface area contributed by atoms with Crippen LogP contribution in [0.5, 0.6) is 5.88 Å². The Labute approximate surface area is 349 Å². The molecule has 62 heavy (non-hydrogen) atoms. The number of carbonyl (C=O) groups excluding carboxylic acids is 1. The first-order valence-corrected chi connectivity index (χ1v) is 21.1. The molecule has 3 N–H and O–H groups in total. The SMILES string of the molecule is CC(F)(F)CCOc1ccc2c(=O)n(-c3ccc(CCl)c4c(NS(C)(=O)=O)n[nH]c34)c([C@H](CNC(=O)Cn3nc(C(F)F)c4c3C(F)(F)[C@@H]3C[C@H]43)c3cc(F)cc(F)c3)nc2n1. The predicted molar refractivity (Wildman–Crippen MR) is 207 cm³/mol. The number of anilines is 1. The minimum absolute atomic E-state index is 0.0155. The Morgan fingerprint density at radius 3 is 2.50 bits per heavy atom. The summed E-state index contributed by atoms with van der Waals surface area (Å²) in [6.07, 6.45) is -3.06. The lowest BCUT2D eigenvalue weighted by Gasteiger charge is -2.23. The highest BCUT2D eigenvalue weighted by molar-refractivity contribution is 7.92. The molecule has 328 valence electrons. The molecule has 0 bridgehead atoms. The number of sulfonamides is 1. The van der Waals surface area contributed by atoms with Gasteiger partial charge in [-0.05, 0) is 54.7 Å². The Kier molecular flexibility index (Phi) is 10.7. The van der Waals surface area contributed by atoms with E-state index in [9.17, 15) is 35.6 Å². The summed E-state index contributed by atoms with van der Waals surface area (Å²) in [5, 5.41) is 12.8. The maximum Gasteiger partial charge on any atom is 0.293 e. The first kappa shape index (κ1) is 42.8. The van der Waals surface area contributed by atoms with Gasteiger partial charge in [-0.3, -0.25) is 28.7 Å². The van der Waals surface area contributed by atoms with Crippen LogP contribution in [0.1, 0.15) is 71.9 Å². The van der Waals surface area contributed by atoms with Crippen molar-refractivity contribution in [1.82, 2.24) is 39.8 Å². The van der Waals surface area contributed by atoms with Crippen molar-refractivity contribution >= 4 is 55.3 Å². The Bertz CT molecular complexity index is 2940. The summed E-state index contributed by atoms with van der Waals surface area (Å²) in [5.41, 5.74) is -3.16. The number of nitrogens with zero attached hydrogens (tertiary/aromatic N) is 6. The van der Waals surface area contributed by atoms with E-state index in [4.69, 9.17) is 16.3 Å². The van der Waals surface area contributed by atoms with Gasteiger partial charge in [-0.25, -0.2) is 39.7 Å². The fraction of sp³-hybridized carbons (Fsp3) is 0.368. The van der Waals surface area contributed by atoms with Crippen molar-refractivity contribution in [2.24, 2.45) is 5.92 Å². The molecule has 2 aliphatic rings. The van der Waals surface area contributed by atoms with Crippen molar-refractivity contribution in [3.05, 3.63) is 98.4 Å². The molecule has 4 heterocycles. The van der Waals surface area contributed by atoms with Gasteiger partial charge in [0.15, 0.2) is 11.5 Å². The predicted octanol–water partition coefficient (Wildman–Crippen LogP) is 6.76. The minimum atomic E-state index is -3.93. The maximum absolute atomic E-state index is 15.3. The van der Waals surface area contributed by atoms with Crippen molar-refractivity contribution in [3.8, 4) is 11.6 Å². The number of hydrogen-bond acceptors (Lipinski definition) is 9. The number of H-pyrrole nitrogens is 1. The topological polar surface area (TPSA) is 179 Å². The Morgan fingerprint density at radius 2 is 1.84 bits per heavy atom. The van der Waals surface area contributed by atoms with Crippen LogP contribution < -0.4 is 20.3 Å². The number of carbonyl (C=O) groups is 1. The lowest BCUT2D eigenvalue weighted by molar-refractivity contribution is -0.122. The van der Waals surface area contributed by atoms with Crippen LogP contribution in [0.2, 0.25) is 0 Å². The second-order valence-electron chi connectivity index (χ2n) is 15.1. The van der Waals surface area contributed by atoms with Crippen LogP contribution in [0, 0.1) is 17.6 Å². The van der Waals surface area contributed by atoms with Gasteiger partial charge in [0.2, 0.25) is 27.7 Å². The summed E-state index contributed by atoms with van der Waals surface area (Å²) in [6, 6.07) is 7.58. The van der Waals surface area contributed by atoms with Gasteiger partial charge in [-0.1, -0.05) is 6.07 Å². The summed E-state index contributed by atoms with van der Waals surface area (Å²) in [4.78, 5) is 37.2. The van der Waals surface area contributed by atoms with Crippen molar-refractivity contribution < 1.29 is 53.1 Å². The number of fused-ring (bicyclic) bond motifs is 5. The molecule has 2 aliphatic carbocycles. The van der Waals surface area contributed by atoms with E-state index in [2.05, 4.69) is 35.3 Å². The third-order valence-electron chi connectivity index (χ3n) is 10.5. The summed E-state index contributed by atoms with van der Waals surface area (Å²) >= 11 is 6.22. The molecule has 2 aromatic carbocycles. The zero-order valence-corrected chi connectivity index (χ0v) is 33.7. The highest BCUT2D eigenvalue weighted by Crippen LogP contribution is 2.68. The van der Waals surface area contributed by atoms with E-state index in [0.717, 1.165) is 23.0 Å². The van der Waals surface area contributed by atoms with Crippen molar-refractivity contribution in [3.63, 3.8) is 0 Å². The number of amides is 1. The molecule has 0 saturated heterocycles. The van der Waals surface area contributed by atoms with Crippen molar-refractivity contribution in [1.29, 1.82) is 0 Å². The number of aromatic amines is 1. The second kappa shape index (κ2) is 15.5. The Hall–Kier alpha value is -5.84. The lowest BCUT2D eigenvalue weighted by Crippen LogP contribution is -2.36. The van der Waals surface area contributed by atoms with Crippen molar-refractivity contribution in [2.75, 3.05) is 24.1 Å². The van der Waals surface area contributed by atoms with Crippen LogP contribution in [0.25, 0.3) is 27.6 Å². The van der Waals surface area contributed by atoms with Crippen LogP contribution in [-0.4, -0.2) is 74.2 Å². The molecule has 1 fully saturated rings. The molecule has 3 atom stereocenters. The van der Waals surface area contributed by atoms with Crippen LogP contribution in [-0.2, 0) is 33.2 Å². The number of ether oxygens (including phenoxy) is 1. The van der Waals surface area contributed by atoms with Gasteiger partial charge in [-0.15, -0.1) is 11.6 Å². The number of halogens is 9. The zero-order chi connectivity index (χ0) is 44.6. The number of hydrogen-bond donors (Lipinski definition) is 3. The lowest BCUT2D eigenvalue weighted by atomic mass is 9.96. The molecule has 24 heteroatoms. The van der Waals surface area contributed by atoms with Crippen molar-refractivity contribution in [2.45, 2.75) is 62.3 Å². The zero-order valence-electron chi connectivity index (χ0n) is 32.1. The molecule has 0 aliphatic heterocycles. The fourth-order valence-electron chi connectivity index (χ4n) is 7.80. The number of rotatable bonds is 15. The molecule has 6 aromatic rings. The molecule has 4 aromatic heterocycles. The van der Waals surface area contributed by atoms with E-state index in [1.54, 1.807) is 0 Å². The van der Waals surface area contributed by atoms with Gasteiger partial charge < -0.3 is 10.1 Å². The average Bonchev–Trinajstić information content (AvgIpc) is 3.65. The number of pyridine rings is 1. The van der Waals surface area contributed by atoms with Gasteiger partial charge in [-0.2, -0.15) is 24.0 Å². The highest BCUT2D eigenvalue weighted by atomic mass is 35.5. The molecule has 0 radical (unpaired) electrons.